The molecule has 0 saturated carbocycles. The van der Waals surface area contributed by atoms with Crippen LogP contribution in [-0.4, -0.2) is 66.4 Å². The molecule has 0 radical (unpaired) electrons. The predicted molar refractivity (Wildman–Crippen MR) is 159 cm³/mol. The number of unbranched alkanes of at least 4 members (excludes halogenated alkanes) is 1. The van der Waals surface area contributed by atoms with Gasteiger partial charge in [0.1, 0.15) is 5.75 Å². The van der Waals surface area contributed by atoms with Gasteiger partial charge in [-0.3, -0.25) is 19.5 Å². The van der Waals surface area contributed by atoms with Crippen LogP contribution in [0.2, 0.25) is 0 Å². The highest BCUT2D eigenvalue weighted by Crippen LogP contribution is 2.43. The zero-order valence-electron chi connectivity index (χ0n) is 24.3. The zero-order valence-corrected chi connectivity index (χ0v) is 24.3. The first-order valence-corrected chi connectivity index (χ1v) is 14.7. The van der Waals surface area contributed by atoms with Crippen molar-refractivity contribution in [3.63, 3.8) is 0 Å². The molecular formula is C33H39N3O6. The fraction of sp³-hybridized carbons (Fsp3) is 0.424. The monoisotopic (exact) mass is 573 g/mol. The van der Waals surface area contributed by atoms with E-state index in [4.69, 9.17) is 14.2 Å². The van der Waals surface area contributed by atoms with Gasteiger partial charge in [0, 0.05) is 31.2 Å². The van der Waals surface area contributed by atoms with Gasteiger partial charge in [-0.2, -0.15) is 0 Å². The topological polar surface area (TPSA) is 101 Å². The second kappa shape index (κ2) is 13.7. The average molecular weight is 574 g/mol. The van der Waals surface area contributed by atoms with Crippen molar-refractivity contribution < 1.29 is 28.9 Å². The molecule has 1 saturated heterocycles. The van der Waals surface area contributed by atoms with Gasteiger partial charge >= 0.3 is 5.97 Å². The lowest BCUT2D eigenvalue weighted by Gasteiger charge is -2.29. The van der Waals surface area contributed by atoms with Crippen LogP contribution >= 0.6 is 0 Å². The number of anilines is 1. The summed E-state index contributed by atoms with van der Waals surface area (Å²) in [6, 6.07) is 17.0. The maximum absolute atomic E-state index is 13.9. The van der Waals surface area contributed by atoms with Gasteiger partial charge in [-0.1, -0.05) is 37.6 Å². The quantitative estimate of drug-likeness (QED) is 0.300. The first-order valence-electron chi connectivity index (χ1n) is 14.7. The number of hydrogen-bond acceptors (Lipinski definition) is 7. The molecule has 0 spiro atoms. The third kappa shape index (κ3) is 6.51. The van der Waals surface area contributed by atoms with Crippen molar-refractivity contribution in [1.82, 2.24) is 9.88 Å². The third-order valence-electron chi connectivity index (χ3n) is 8.33. The van der Waals surface area contributed by atoms with Crippen LogP contribution < -0.4 is 19.1 Å². The molecule has 222 valence electrons. The Morgan fingerprint density at radius 3 is 2.69 bits per heavy atom. The molecule has 0 aliphatic carbocycles. The van der Waals surface area contributed by atoms with Crippen LogP contribution in [0.4, 0.5) is 5.69 Å². The van der Waals surface area contributed by atoms with Crippen LogP contribution in [0.1, 0.15) is 49.7 Å². The van der Waals surface area contributed by atoms with Crippen LogP contribution in [0.5, 0.6) is 17.2 Å². The number of benzene rings is 2. The van der Waals surface area contributed by atoms with E-state index in [0.717, 1.165) is 48.2 Å². The number of aryl methyl sites for hydroxylation is 1. The molecule has 1 aromatic heterocycles. The number of pyridine rings is 1. The second-order valence-electron chi connectivity index (χ2n) is 10.9. The number of nitrogens with zero attached hydrogens (tertiary/aromatic N) is 3. The van der Waals surface area contributed by atoms with Crippen LogP contribution in [0.25, 0.3) is 0 Å². The second-order valence-corrected chi connectivity index (χ2v) is 10.9. The van der Waals surface area contributed by atoms with E-state index in [0.29, 0.717) is 31.0 Å². The van der Waals surface area contributed by atoms with Gasteiger partial charge in [0.2, 0.25) is 12.7 Å². The Bertz CT molecular complexity index is 1370. The molecular weight excluding hydrogens is 534 g/mol. The maximum atomic E-state index is 13.9. The lowest BCUT2D eigenvalue weighted by atomic mass is 9.83. The number of carbonyl (C=O) groups is 2. The van der Waals surface area contributed by atoms with Crippen molar-refractivity contribution in [3.8, 4) is 17.2 Å². The van der Waals surface area contributed by atoms with Gasteiger partial charge in [0.25, 0.3) is 0 Å². The fourth-order valence-electron chi connectivity index (χ4n) is 6.23. The van der Waals surface area contributed by atoms with E-state index in [1.165, 1.54) is 0 Å². The zero-order chi connectivity index (χ0) is 29.5. The van der Waals surface area contributed by atoms with Crippen molar-refractivity contribution in [2.24, 2.45) is 5.92 Å². The van der Waals surface area contributed by atoms with E-state index >= 15 is 0 Å². The highest BCUT2D eigenvalue weighted by Gasteiger charge is 2.47. The first kappa shape index (κ1) is 29.4. The summed E-state index contributed by atoms with van der Waals surface area (Å²) in [5, 5.41) is 10.6. The number of ether oxygens (including phenoxy) is 3. The number of methoxy groups -OCH3 is 1. The third-order valence-corrected chi connectivity index (χ3v) is 8.33. The van der Waals surface area contributed by atoms with Crippen molar-refractivity contribution >= 4 is 17.6 Å². The van der Waals surface area contributed by atoms with E-state index in [1.807, 2.05) is 54.6 Å². The number of aliphatic carboxylic acids is 1. The minimum atomic E-state index is -0.856. The highest BCUT2D eigenvalue weighted by molar-refractivity contribution is 5.94. The lowest BCUT2D eigenvalue weighted by molar-refractivity contribution is -0.143. The molecule has 1 fully saturated rings. The SMILES string of the molecule is CCCCN(C(=O)CN1C[C@H](c2ccc3c(c2)OCO3)C(C(=O)O)[C@@H]1CCCc1ccccc1OC)c1cccnc1. The molecule has 3 aromatic rings. The maximum Gasteiger partial charge on any atom is 0.308 e. The molecule has 1 N–H and O–H groups in total. The number of hydrogen-bond donors (Lipinski definition) is 1. The molecule has 3 atom stereocenters. The van der Waals surface area contributed by atoms with Gasteiger partial charge in [-0.25, -0.2) is 0 Å². The van der Waals surface area contributed by atoms with Crippen molar-refractivity contribution in [1.29, 1.82) is 0 Å². The first-order chi connectivity index (χ1) is 20.5. The Hall–Kier alpha value is -4.11. The molecule has 2 aromatic carbocycles. The van der Waals surface area contributed by atoms with Gasteiger partial charge in [0.05, 0.1) is 31.5 Å². The predicted octanol–water partition coefficient (Wildman–Crippen LogP) is 5.14. The molecule has 1 amide bonds. The number of carboxylic acids is 1. The molecule has 0 bridgehead atoms. The normalized spacial score (nSPS) is 19.5. The van der Waals surface area contributed by atoms with Gasteiger partial charge in [-0.15, -0.1) is 0 Å². The van der Waals surface area contributed by atoms with Gasteiger partial charge < -0.3 is 24.2 Å². The Labute approximate surface area is 247 Å². The summed E-state index contributed by atoms with van der Waals surface area (Å²) < 4.78 is 16.6. The summed E-state index contributed by atoms with van der Waals surface area (Å²) in [7, 11) is 1.66. The van der Waals surface area contributed by atoms with Crippen molar-refractivity contribution in [2.45, 2.75) is 51.0 Å². The minimum absolute atomic E-state index is 0.0540. The number of rotatable bonds is 13. The molecule has 3 heterocycles. The molecule has 1 unspecified atom stereocenters. The Morgan fingerprint density at radius 2 is 1.93 bits per heavy atom. The van der Waals surface area contributed by atoms with E-state index in [2.05, 4.69) is 16.8 Å². The summed E-state index contributed by atoms with van der Waals surface area (Å²) in [5.41, 5.74) is 2.72. The number of para-hydroxylation sites is 1. The van der Waals surface area contributed by atoms with Crippen molar-refractivity contribution in [3.05, 3.63) is 78.1 Å². The Balaban J connectivity index is 1.41. The molecule has 9 nitrogen and oxygen atoms in total. The Morgan fingerprint density at radius 1 is 1.10 bits per heavy atom. The number of fused-ring (bicyclic) bond motifs is 1. The molecule has 2 aliphatic heterocycles. The minimum Gasteiger partial charge on any atom is -0.496 e. The van der Waals surface area contributed by atoms with Gasteiger partial charge in [-0.05, 0) is 67.1 Å². The van der Waals surface area contributed by atoms with Crippen LogP contribution in [0, 0.1) is 5.92 Å². The van der Waals surface area contributed by atoms with Gasteiger partial charge in [0.15, 0.2) is 11.5 Å². The van der Waals surface area contributed by atoms with Crippen LogP contribution in [-0.2, 0) is 16.0 Å². The van der Waals surface area contributed by atoms with Crippen LogP contribution in [0.3, 0.4) is 0 Å². The van der Waals surface area contributed by atoms with E-state index < -0.39 is 11.9 Å². The number of carbonyl (C=O) groups excluding carboxylic acids is 1. The van der Waals surface area contributed by atoms with E-state index in [-0.39, 0.29) is 31.2 Å². The largest absolute Gasteiger partial charge is 0.496 e. The summed E-state index contributed by atoms with van der Waals surface area (Å²) in [5.74, 6) is 0.216. The average Bonchev–Trinajstić information content (AvgIpc) is 3.62. The summed E-state index contributed by atoms with van der Waals surface area (Å²) in [4.78, 5) is 34.8. The smallest absolute Gasteiger partial charge is 0.308 e. The highest BCUT2D eigenvalue weighted by atomic mass is 16.7. The lowest BCUT2D eigenvalue weighted by Crippen LogP contribution is -2.44. The summed E-state index contributed by atoms with van der Waals surface area (Å²) >= 11 is 0. The number of carboxylic acid groups (broad SMARTS) is 1. The number of amides is 1. The summed E-state index contributed by atoms with van der Waals surface area (Å²) in [6.45, 7) is 3.41. The molecule has 42 heavy (non-hydrogen) atoms. The number of likely N-dealkylation sites (tertiary alicyclic amines) is 1. The van der Waals surface area contributed by atoms with Crippen molar-refractivity contribution in [2.75, 3.05) is 38.4 Å². The number of aromatic nitrogens is 1. The van der Waals surface area contributed by atoms with E-state index in [9.17, 15) is 14.7 Å². The molecule has 5 rings (SSSR count). The van der Waals surface area contributed by atoms with Crippen LogP contribution in [0.15, 0.2) is 67.0 Å². The fourth-order valence-corrected chi connectivity index (χ4v) is 6.23. The molecule has 2 aliphatic rings. The summed E-state index contributed by atoms with van der Waals surface area (Å²) in [6.07, 6.45) is 7.35. The molecule has 9 heteroatoms. The standard InChI is InChI=1S/C33H39N3O6/c1-3-4-17-36(25-11-8-16-34-19-25)31(37)21-35-20-26(24-14-15-29-30(18-24)42-22-41-29)32(33(38)39)27(35)12-7-10-23-9-5-6-13-28(23)40-2/h5-6,8-9,11,13-16,18-19,26-27,32H,3-4,7,10,12,17,20-22H2,1-2H3,(H,38,39)/t26-,27+,32?/m1/s1. The van der Waals surface area contributed by atoms with E-state index in [1.54, 1.807) is 24.4 Å². The Kier molecular flexibility index (Phi) is 9.59.